The minimum absolute atomic E-state index is 0.0758. The van der Waals surface area contributed by atoms with Gasteiger partial charge < -0.3 is 5.32 Å². The Kier molecular flexibility index (Phi) is 6.90. The molecule has 0 radical (unpaired) electrons. The van der Waals surface area contributed by atoms with Crippen LogP contribution in [0.2, 0.25) is 5.02 Å². The molecule has 1 fully saturated rings. The minimum Gasteiger partial charge on any atom is -0.326 e. The SMILES string of the molecule is Cc1cccc(NC(=O)CC2C(=O)N(c3ccccc3)C(=S)N2NC(=O)c2ccc(Cl)cc2)c1. The Bertz CT molecular complexity index is 1250. The standard InChI is InChI=1S/C25H21ClN4O3S/c1-16-6-5-7-19(14-16)27-22(31)15-21-24(33)29(20-8-3-2-4-9-20)25(34)30(21)28-23(32)17-10-12-18(26)13-11-17/h2-14,21H,15H2,1H3,(H,27,31)(H,28,32). The summed E-state index contributed by atoms with van der Waals surface area (Å²) in [6.07, 6.45) is -0.211. The van der Waals surface area contributed by atoms with E-state index in [9.17, 15) is 14.4 Å². The number of hydrogen-bond donors (Lipinski definition) is 2. The number of carbonyl (C=O) groups excluding carboxylic acids is 3. The molecule has 1 heterocycles. The molecule has 3 aromatic carbocycles. The van der Waals surface area contributed by atoms with Gasteiger partial charge in [0.2, 0.25) is 11.0 Å². The van der Waals surface area contributed by atoms with Crippen LogP contribution in [0, 0.1) is 6.92 Å². The van der Waals surface area contributed by atoms with Gasteiger partial charge in [0.05, 0.1) is 12.1 Å². The van der Waals surface area contributed by atoms with E-state index >= 15 is 0 Å². The number of hydrogen-bond acceptors (Lipinski definition) is 4. The van der Waals surface area contributed by atoms with Gasteiger partial charge in [0.1, 0.15) is 6.04 Å². The lowest BCUT2D eigenvalue weighted by atomic mass is 10.1. The molecule has 0 aromatic heterocycles. The molecule has 3 aromatic rings. The van der Waals surface area contributed by atoms with Crippen LogP contribution >= 0.6 is 23.8 Å². The molecule has 34 heavy (non-hydrogen) atoms. The summed E-state index contributed by atoms with van der Waals surface area (Å²) in [5, 5.41) is 4.65. The zero-order valence-corrected chi connectivity index (χ0v) is 19.8. The number of benzene rings is 3. The lowest BCUT2D eigenvalue weighted by Gasteiger charge is -2.24. The van der Waals surface area contributed by atoms with Gasteiger partial charge in [-0.25, -0.2) is 5.01 Å². The number of carbonyl (C=O) groups is 3. The number of thiocarbonyl (C=S) groups is 1. The number of nitrogens with zero attached hydrogens (tertiary/aromatic N) is 2. The fraction of sp³-hybridized carbons (Fsp3) is 0.120. The van der Waals surface area contributed by atoms with Crippen molar-refractivity contribution in [1.82, 2.24) is 10.4 Å². The van der Waals surface area contributed by atoms with E-state index in [1.807, 2.05) is 31.2 Å². The number of rotatable bonds is 6. The Balaban J connectivity index is 1.59. The lowest BCUT2D eigenvalue weighted by molar-refractivity contribution is -0.124. The van der Waals surface area contributed by atoms with Gasteiger partial charge in [-0.1, -0.05) is 41.9 Å². The van der Waals surface area contributed by atoms with Crippen molar-refractivity contribution in [2.45, 2.75) is 19.4 Å². The third-order valence-electron chi connectivity index (χ3n) is 5.24. The van der Waals surface area contributed by atoms with Crippen molar-refractivity contribution in [3.8, 4) is 0 Å². The molecule has 2 N–H and O–H groups in total. The number of amides is 3. The van der Waals surface area contributed by atoms with E-state index in [2.05, 4.69) is 10.7 Å². The minimum atomic E-state index is -1.02. The number of nitrogens with one attached hydrogen (secondary N) is 2. The maximum Gasteiger partial charge on any atom is 0.269 e. The van der Waals surface area contributed by atoms with Crippen LogP contribution in [-0.2, 0) is 9.59 Å². The average Bonchev–Trinajstić information content (AvgIpc) is 3.04. The number of halogens is 1. The molecular weight excluding hydrogens is 472 g/mol. The van der Waals surface area contributed by atoms with Crippen LogP contribution < -0.4 is 15.6 Å². The maximum absolute atomic E-state index is 13.4. The number of aryl methyl sites for hydroxylation is 1. The zero-order chi connectivity index (χ0) is 24.2. The third-order valence-corrected chi connectivity index (χ3v) is 5.87. The molecule has 172 valence electrons. The third kappa shape index (κ3) is 5.08. The van der Waals surface area contributed by atoms with E-state index in [4.69, 9.17) is 23.8 Å². The molecule has 3 amide bonds. The molecule has 1 aliphatic heterocycles. The zero-order valence-electron chi connectivity index (χ0n) is 18.2. The molecule has 9 heteroatoms. The lowest BCUT2D eigenvalue weighted by Crippen LogP contribution is -2.49. The Labute approximate surface area is 207 Å². The Hall–Kier alpha value is -3.75. The molecule has 1 unspecified atom stereocenters. The van der Waals surface area contributed by atoms with Crippen LogP contribution in [0.15, 0.2) is 78.9 Å². The second-order valence-corrected chi connectivity index (χ2v) is 8.55. The van der Waals surface area contributed by atoms with Crippen molar-refractivity contribution in [2.75, 3.05) is 10.2 Å². The van der Waals surface area contributed by atoms with Crippen LogP contribution in [0.25, 0.3) is 0 Å². The van der Waals surface area contributed by atoms with Gasteiger partial charge in [-0.2, -0.15) is 0 Å². The average molecular weight is 493 g/mol. The van der Waals surface area contributed by atoms with Gasteiger partial charge in [-0.05, 0) is 73.2 Å². The van der Waals surface area contributed by atoms with Crippen molar-refractivity contribution in [2.24, 2.45) is 0 Å². The maximum atomic E-state index is 13.4. The monoisotopic (exact) mass is 492 g/mol. The van der Waals surface area contributed by atoms with E-state index in [-0.39, 0.29) is 17.4 Å². The summed E-state index contributed by atoms with van der Waals surface area (Å²) >= 11 is 11.5. The summed E-state index contributed by atoms with van der Waals surface area (Å²) in [4.78, 5) is 40.4. The summed E-state index contributed by atoms with van der Waals surface area (Å²) in [6, 6.07) is 21.5. The second kappa shape index (κ2) is 10.0. The summed E-state index contributed by atoms with van der Waals surface area (Å²) in [6.45, 7) is 1.92. The first kappa shape index (κ1) is 23.4. The van der Waals surface area contributed by atoms with E-state index in [1.165, 1.54) is 9.91 Å². The molecule has 7 nitrogen and oxygen atoms in total. The van der Waals surface area contributed by atoms with Crippen LogP contribution in [0.4, 0.5) is 11.4 Å². The van der Waals surface area contributed by atoms with E-state index in [0.717, 1.165) is 5.56 Å². The second-order valence-electron chi connectivity index (χ2n) is 7.75. The molecule has 0 bridgehead atoms. The van der Waals surface area contributed by atoms with Crippen molar-refractivity contribution < 1.29 is 14.4 Å². The topological polar surface area (TPSA) is 81.8 Å². The van der Waals surface area contributed by atoms with E-state index in [1.54, 1.807) is 54.6 Å². The highest BCUT2D eigenvalue weighted by atomic mass is 35.5. The molecule has 0 saturated carbocycles. The van der Waals surface area contributed by atoms with E-state index in [0.29, 0.717) is 22.0 Å². The quantitative estimate of drug-likeness (QED) is 0.501. The first-order chi connectivity index (χ1) is 16.3. The van der Waals surface area contributed by atoms with E-state index < -0.39 is 17.9 Å². The van der Waals surface area contributed by atoms with Crippen LogP contribution in [0.5, 0.6) is 0 Å². The van der Waals surface area contributed by atoms with Crippen LogP contribution in [0.1, 0.15) is 22.3 Å². The van der Waals surface area contributed by atoms with Crippen LogP contribution in [-0.4, -0.2) is 33.9 Å². The fourth-order valence-electron chi connectivity index (χ4n) is 3.60. The van der Waals surface area contributed by atoms with Gasteiger partial charge >= 0.3 is 0 Å². The molecule has 4 rings (SSSR count). The summed E-state index contributed by atoms with van der Waals surface area (Å²) < 4.78 is 0. The Morgan fingerprint density at radius 3 is 2.38 bits per heavy atom. The summed E-state index contributed by atoms with van der Waals surface area (Å²) in [5.74, 6) is -1.27. The van der Waals surface area contributed by atoms with Gasteiger partial charge in [0, 0.05) is 16.3 Å². The highest BCUT2D eigenvalue weighted by Gasteiger charge is 2.45. The number of para-hydroxylation sites is 1. The van der Waals surface area contributed by atoms with Crippen molar-refractivity contribution in [3.63, 3.8) is 0 Å². The highest BCUT2D eigenvalue weighted by Crippen LogP contribution is 2.26. The summed E-state index contributed by atoms with van der Waals surface area (Å²) in [7, 11) is 0. The molecule has 1 atom stereocenters. The smallest absolute Gasteiger partial charge is 0.269 e. The Morgan fingerprint density at radius 1 is 1.00 bits per heavy atom. The van der Waals surface area contributed by atoms with Gasteiger partial charge in [-0.15, -0.1) is 0 Å². The van der Waals surface area contributed by atoms with Crippen molar-refractivity contribution in [3.05, 3.63) is 95.0 Å². The first-order valence-electron chi connectivity index (χ1n) is 10.5. The Morgan fingerprint density at radius 2 is 1.71 bits per heavy atom. The highest BCUT2D eigenvalue weighted by molar-refractivity contribution is 7.80. The van der Waals surface area contributed by atoms with Crippen LogP contribution in [0.3, 0.4) is 0 Å². The molecular formula is C25H21ClN4O3S. The van der Waals surface area contributed by atoms with Crippen molar-refractivity contribution >= 4 is 58.0 Å². The molecule has 0 aliphatic carbocycles. The van der Waals surface area contributed by atoms with Gasteiger partial charge in [0.15, 0.2) is 0 Å². The normalized spacial score (nSPS) is 15.4. The predicted molar refractivity (Wildman–Crippen MR) is 135 cm³/mol. The fourth-order valence-corrected chi connectivity index (χ4v) is 4.09. The summed E-state index contributed by atoms with van der Waals surface area (Å²) in [5.41, 5.74) is 5.18. The first-order valence-corrected chi connectivity index (χ1v) is 11.3. The molecule has 1 saturated heterocycles. The van der Waals surface area contributed by atoms with Gasteiger partial charge in [-0.3, -0.25) is 24.7 Å². The van der Waals surface area contributed by atoms with Crippen molar-refractivity contribution in [1.29, 1.82) is 0 Å². The molecule has 0 spiro atoms. The molecule has 1 aliphatic rings. The predicted octanol–water partition coefficient (Wildman–Crippen LogP) is 4.32. The number of anilines is 2. The van der Waals surface area contributed by atoms with Gasteiger partial charge in [0.25, 0.3) is 11.8 Å². The number of hydrazine groups is 1. The largest absolute Gasteiger partial charge is 0.326 e.